The Balaban J connectivity index is 1.56. The molecule has 3 rings (SSSR count). The van der Waals surface area contributed by atoms with E-state index in [2.05, 4.69) is 30.4 Å². The standard InChI is InChI=1S/C15H21NO2/c1-11-8-14(5-7-17-11)16-10-12-2-3-15-13(9-12)4-6-18-15/h2-3,9,11,14,16H,4-8,10H2,1H3. The second-order valence-electron chi connectivity index (χ2n) is 5.32. The van der Waals surface area contributed by atoms with Gasteiger partial charge in [-0.05, 0) is 37.0 Å². The molecular weight excluding hydrogens is 226 g/mol. The molecule has 0 spiro atoms. The molecule has 3 heteroatoms. The minimum Gasteiger partial charge on any atom is -0.493 e. The third kappa shape index (κ3) is 2.68. The molecule has 0 bridgehead atoms. The first-order chi connectivity index (χ1) is 8.81. The van der Waals surface area contributed by atoms with Crippen LogP contribution in [-0.4, -0.2) is 25.4 Å². The van der Waals surface area contributed by atoms with Gasteiger partial charge in [-0.15, -0.1) is 0 Å². The minimum atomic E-state index is 0.393. The molecule has 2 heterocycles. The average Bonchev–Trinajstić information content (AvgIpc) is 2.84. The summed E-state index contributed by atoms with van der Waals surface area (Å²) in [5.41, 5.74) is 2.72. The summed E-state index contributed by atoms with van der Waals surface area (Å²) in [4.78, 5) is 0. The van der Waals surface area contributed by atoms with Crippen molar-refractivity contribution in [2.45, 2.75) is 44.9 Å². The number of ether oxygens (including phenoxy) is 2. The Kier molecular flexibility index (Phi) is 3.52. The van der Waals surface area contributed by atoms with Crippen LogP contribution in [0.3, 0.4) is 0 Å². The fourth-order valence-electron chi connectivity index (χ4n) is 2.80. The van der Waals surface area contributed by atoms with Crippen LogP contribution in [0.15, 0.2) is 18.2 Å². The molecule has 2 atom stereocenters. The van der Waals surface area contributed by atoms with Crippen LogP contribution in [0.2, 0.25) is 0 Å². The van der Waals surface area contributed by atoms with E-state index in [0.29, 0.717) is 12.1 Å². The molecule has 2 unspecified atom stereocenters. The van der Waals surface area contributed by atoms with Gasteiger partial charge < -0.3 is 14.8 Å². The lowest BCUT2D eigenvalue weighted by atomic mass is 10.0. The van der Waals surface area contributed by atoms with Crippen LogP contribution >= 0.6 is 0 Å². The van der Waals surface area contributed by atoms with Crippen LogP contribution < -0.4 is 10.1 Å². The van der Waals surface area contributed by atoms with Crippen LogP contribution in [-0.2, 0) is 17.7 Å². The number of hydrogen-bond donors (Lipinski definition) is 1. The van der Waals surface area contributed by atoms with Crippen molar-refractivity contribution in [3.63, 3.8) is 0 Å². The van der Waals surface area contributed by atoms with Crippen LogP contribution in [0.5, 0.6) is 5.75 Å². The van der Waals surface area contributed by atoms with Gasteiger partial charge in [-0.3, -0.25) is 0 Å². The Morgan fingerprint density at radius 1 is 1.33 bits per heavy atom. The zero-order valence-electron chi connectivity index (χ0n) is 10.9. The molecule has 2 aliphatic heterocycles. The molecule has 1 saturated heterocycles. The quantitative estimate of drug-likeness (QED) is 0.889. The van der Waals surface area contributed by atoms with E-state index in [1.54, 1.807) is 0 Å². The third-order valence-corrected chi connectivity index (χ3v) is 3.83. The second-order valence-corrected chi connectivity index (χ2v) is 5.32. The van der Waals surface area contributed by atoms with E-state index in [0.717, 1.165) is 44.8 Å². The average molecular weight is 247 g/mol. The highest BCUT2D eigenvalue weighted by Gasteiger charge is 2.19. The summed E-state index contributed by atoms with van der Waals surface area (Å²) in [5.74, 6) is 1.07. The number of rotatable bonds is 3. The first-order valence-electron chi connectivity index (χ1n) is 6.91. The van der Waals surface area contributed by atoms with Crippen molar-refractivity contribution in [1.29, 1.82) is 0 Å². The van der Waals surface area contributed by atoms with Gasteiger partial charge in [0.1, 0.15) is 5.75 Å². The van der Waals surface area contributed by atoms with Gasteiger partial charge in [-0.25, -0.2) is 0 Å². The molecule has 1 aromatic rings. The van der Waals surface area contributed by atoms with Crippen molar-refractivity contribution in [3.8, 4) is 5.75 Å². The van der Waals surface area contributed by atoms with Gasteiger partial charge in [-0.1, -0.05) is 12.1 Å². The van der Waals surface area contributed by atoms with Gasteiger partial charge in [-0.2, -0.15) is 0 Å². The third-order valence-electron chi connectivity index (χ3n) is 3.83. The largest absolute Gasteiger partial charge is 0.493 e. The van der Waals surface area contributed by atoms with Crippen LogP contribution in [0.1, 0.15) is 30.9 Å². The summed E-state index contributed by atoms with van der Waals surface area (Å²) < 4.78 is 11.1. The van der Waals surface area contributed by atoms with Gasteiger partial charge >= 0.3 is 0 Å². The van der Waals surface area contributed by atoms with Crippen molar-refractivity contribution < 1.29 is 9.47 Å². The fraction of sp³-hybridized carbons (Fsp3) is 0.600. The Morgan fingerprint density at radius 3 is 3.17 bits per heavy atom. The molecule has 1 N–H and O–H groups in total. The summed E-state index contributed by atoms with van der Waals surface area (Å²) in [6.07, 6.45) is 3.69. The lowest BCUT2D eigenvalue weighted by molar-refractivity contribution is 0.0130. The van der Waals surface area contributed by atoms with E-state index < -0.39 is 0 Å². The minimum absolute atomic E-state index is 0.393. The summed E-state index contributed by atoms with van der Waals surface area (Å²) in [5, 5.41) is 3.64. The van der Waals surface area contributed by atoms with E-state index in [-0.39, 0.29) is 0 Å². The first-order valence-corrected chi connectivity index (χ1v) is 6.91. The fourth-order valence-corrected chi connectivity index (χ4v) is 2.80. The van der Waals surface area contributed by atoms with Gasteiger partial charge in [0.25, 0.3) is 0 Å². The number of hydrogen-bond acceptors (Lipinski definition) is 3. The molecule has 0 radical (unpaired) electrons. The molecule has 3 nitrogen and oxygen atoms in total. The zero-order valence-corrected chi connectivity index (χ0v) is 10.9. The Hall–Kier alpha value is -1.06. The van der Waals surface area contributed by atoms with Gasteiger partial charge in [0.05, 0.1) is 12.7 Å². The predicted octanol–water partition coefficient (Wildman–Crippen LogP) is 2.28. The highest BCUT2D eigenvalue weighted by molar-refractivity contribution is 5.39. The SMILES string of the molecule is CC1CC(NCc2ccc3c(c2)CCO3)CCO1. The van der Waals surface area contributed by atoms with Gasteiger partial charge in [0.2, 0.25) is 0 Å². The first kappa shape index (κ1) is 12.0. The molecular formula is C15H21NO2. The van der Waals surface area contributed by atoms with Crippen LogP contribution in [0.4, 0.5) is 0 Å². The van der Waals surface area contributed by atoms with E-state index in [9.17, 15) is 0 Å². The molecule has 1 aromatic carbocycles. The van der Waals surface area contributed by atoms with Crippen molar-refractivity contribution in [2.75, 3.05) is 13.2 Å². The normalized spacial score (nSPS) is 26.7. The maximum atomic E-state index is 5.56. The van der Waals surface area contributed by atoms with Gasteiger partial charge in [0.15, 0.2) is 0 Å². The Bertz CT molecular complexity index is 419. The Morgan fingerprint density at radius 2 is 2.28 bits per heavy atom. The summed E-state index contributed by atoms with van der Waals surface area (Å²) in [6.45, 7) is 4.83. The maximum absolute atomic E-state index is 5.56. The molecule has 0 aromatic heterocycles. The zero-order chi connectivity index (χ0) is 12.4. The molecule has 18 heavy (non-hydrogen) atoms. The molecule has 2 aliphatic rings. The van der Waals surface area contributed by atoms with Crippen LogP contribution in [0.25, 0.3) is 0 Å². The van der Waals surface area contributed by atoms with Crippen molar-refractivity contribution in [3.05, 3.63) is 29.3 Å². The second kappa shape index (κ2) is 5.29. The lowest BCUT2D eigenvalue weighted by Gasteiger charge is -2.28. The molecule has 1 fully saturated rings. The van der Waals surface area contributed by atoms with E-state index in [4.69, 9.17) is 9.47 Å². The predicted molar refractivity (Wildman–Crippen MR) is 70.9 cm³/mol. The monoisotopic (exact) mass is 247 g/mol. The smallest absolute Gasteiger partial charge is 0.122 e. The highest BCUT2D eigenvalue weighted by atomic mass is 16.5. The summed E-state index contributed by atoms with van der Waals surface area (Å²) in [7, 11) is 0. The van der Waals surface area contributed by atoms with Crippen molar-refractivity contribution in [1.82, 2.24) is 5.32 Å². The highest BCUT2D eigenvalue weighted by Crippen LogP contribution is 2.26. The number of nitrogens with one attached hydrogen (secondary N) is 1. The maximum Gasteiger partial charge on any atom is 0.122 e. The van der Waals surface area contributed by atoms with E-state index in [1.165, 1.54) is 11.1 Å². The van der Waals surface area contributed by atoms with Crippen molar-refractivity contribution in [2.24, 2.45) is 0 Å². The van der Waals surface area contributed by atoms with E-state index in [1.807, 2.05) is 0 Å². The Labute approximate surface area is 108 Å². The van der Waals surface area contributed by atoms with Crippen molar-refractivity contribution >= 4 is 0 Å². The number of benzene rings is 1. The molecule has 0 amide bonds. The molecule has 0 saturated carbocycles. The van der Waals surface area contributed by atoms with E-state index >= 15 is 0 Å². The lowest BCUT2D eigenvalue weighted by Crippen LogP contribution is -2.37. The molecule has 0 aliphatic carbocycles. The molecule has 98 valence electrons. The summed E-state index contributed by atoms with van der Waals surface area (Å²) in [6, 6.07) is 7.14. The number of fused-ring (bicyclic) bond motifs is 1. The topological polar surface area (TPSA) is 30.5 Å². The summed E-state index contributed by atoms with van der Waals surface area (Å²) >= 11 is 0. The van der Waals surface area contributed by atoms with Crippen LogP contribution in [0, 0.1) is 0 Å². The van der Waals surface area contributed by atoms with Gasteiger partial charge in [0, 0.05) is 25.6 Å².